The molecule has 0 fully saturated rings. The summed E-state index contributed by atoms with van der Waals surface area (Å²) >= 11 is 6.09. The molecule has 2 atom stereocenters. The molecule has 1 N–H and O–H groups in total. The lowest BCUT2D eigenvalue weighted by molar-refractivity contribution is 0.428. The summed E-state index contributed by atoms with van der Waals surface area (Å²) in [4.78, 5) is 0.309. The Bertz CT molecular complexity index is 554. The molecular formula is C13H18ClNO2S. The maximum atomic E-state index is 12.3. The van der Waals surface area contributed by atoms with Crippen molar-refractivity contribution >= 4 is 21.4 Å². The van der Waals surface area contributed by atoms with E-state index in [1.54, 1.807) is 13.0 Å². The number of fused-ring (bicyclic) bond motifs is 1. The van der Waals surface area contributed by atoms with Crippen LogP contribution < -0.4 is 5.32 Å². The zero-order valence-electron chi connectivity index (χ0n) is 10.8. The normalized spacial score (nSPS) is 26.1. The minimum Gasteiger partial charge on any atom is -0.308 e. The molecule has 3 nitrogen and oxygen atoms in total. The van der Waals surface area contributed by atoms with Gasteiger partial charge in [-0.1, -0.05) is 37.6 Å². The van der Waals surface area contributed by atoms with Crippen LogP contribution in [0.2, 0.25) is 5.02 Å². The Morgan fingerprint density at radius 2 is 2.06 bits per heavy atom. The summed E-state index contributed by atoms with van der Waals surface area (Å²) in [6.07, 6.45) is 0.591. The van der Waals surface area contributed by atoms with E-state index in [2.05, 4.69) is 19.2 Å². The standard InChI is InChI=1S/C13H18ClNO2S/c1-8(2)15-12-7-9(3)18(16,17)13-10(12)5-4-6-11(13)14/h4-6,8-9,12,15H,7H2,1-3H3. The van der Waals surface area contributed by atoms with Gasteiger partial charge in [0.15, 0.2) is 9.84 Å². The van der Waals surface area contributed by atoms with Crippen LogP contribution in [-0.2, 0) is 9.84 Å². The van der Waals surface area contributed by atoms with Crippen molar-refractivity contribution in [2.24, 2.45) is 0 Å². The highest BCUT2D eigenvalue weighted by Gasteiger charge is 2.37. The van der Waals surface area contributed by atoms with Crippen molar-refractivity contribution in [3.05, 3.63) is 28.8 Å². The fourth-order valence-electron chi connectivity index (χ4n) is 2.45. The van der Waals surface area contributed by atoms with Gasteiger partial charge in [-0.15, -0.1) is 0 Å². The second-order valence-electron chi connectivity index (χ2n) is 5.12. The van der Waals surface area contributed by atoms with Crippen LogP contribution in [0.25, 0.3) is 0 Å². The molecule has 18 heavy (non-hydrogen) atoms. The van der Waals surface area contributed by atoms with E-state index < -0.39 is 15.1 Å². The van der Waals surface area contributed by atoms with Crippen LogP contribution in [0, 0.1) is 0 Å². The first-order valence-corrected chi connectivity index (χ1v) is 8.05. The Kier molecular flexibility index (Phi) is 3.72. The summed E-state index contributed by atoms with van der Waals surface area (Å²) in [7, 11) is -3.29. The molecule has 0 aromatic heterocycles. The number of sulfone groups is 1. The smallest absolute Gasteiger partial charge is 0.182 e. The quantitative estimate of drug-likeness (QED) is 0.910. The highest BCUT2D eigenvalue weighted by atomic mass is 35.5. The Labute approximate surface area is 113 Å². The van der Waals surface area contributed by atoms with Gasteiger partial charge in [-0.05, 0) is 25.0 Å². The van der Waals surface area contributed by atoms with E-state index in [0.29, 0.717) is 22.4 Å². The van der Waals surface area contributed by atoms with Gasteiger partial charge in [0.05, 0.1) is 15.2 Å². The molecule has 2 rings (SSSR count). The first-order valence-electron chi connectivity index (χ1n) is 6.12. The van der Waals surface area contributed by atoms with Crippen molar-refractivity contribution in [1.82, 2.24) is 5.32 Å². The van der Waals surface area contributed by atoms with E-state index in [9.17, 15) is 8.42 Å². The number of nitrogens with one attached hydrogen (secondary N) is 1. The van der Waals surface area contributed by atoms with E-state index >= 15 is 0 Å². The molecule has 0 saturated heterocycles. The number of halogens is 1. The van der Waals surface area contributed by atoms with Crippen LogP contribution in [-0.4, -0.2) is 19.7 Å². The first kappa shape index (κ1) is 13.8. The third kappa shape index (κ3) is 2.29. The predicted molar refractivity (Wildman–Crippen MR) is 73.7 cm³/mol. The molecular weight excluding hydrogens is 270 g/mol. The number of hydrogen-bond acceptors (Lipinski definition) is 3. The summed E-state index contributed by atoms with van der Waals surface area (Å²) in [5.74, 6) is 0. The molecule has 1 aromatic carbocycles. The van der Waals surface area contributed by atoms with E-state index in [1.165, 1.54) is 0 Å². The van der Waals surface area contributed by atoms with E-state index in [-0.39, 0.29) is 6.04 Å². The molecule has 0 spiro atoms. The fraction of sp³-hybridized carbons (Fsp3) is 0.538. The lowest BCUT2D eigenvalue weighted by Crippen LogP contribution is -2.37. The highest BCUT2D eigenvalue weighted by molar-refractivity contribution is 7.92. The van der Waals surface area contributed by atoms with Gasteiger partial charge in [-0.2, -0.15) is 0 Å². The van der Waals surface area contributed by atoms with Gasteiger partial charge in [-0.3, -0.25) is 0 Å². The lowest BCUT2D eigenvalue weighted by atomic mass is 10.0. The molecule has 0 bridgehead atoms. The van der Waals surface area contributed by atoms with Crippen molar-refractivity contribution in [1.29, 1.82) is 0 Å². The second-order valence-corrected chi connectivity index (χ2v) is 7.83. The molecule has 5 heteroatoms. The molecule has 0 aliphatic carbocycles. The summed E-state index contributed by atoms with van der Waals surface area (Å²) in [5, 5.41) is 3.34. The lowest BCUT2D eigenvalue weighted by Gasteiger charge is -2.32. The topological polar surface area (TPSA) is 46.2 Å². The van der Waals surface area contributed by atoms with Gasteiger partial charge >= 0.3 is 0 Å². The van der Waals surface area contributed by atoms with Gasteiger partial charge in [0.25, 0.3) is 0 Å². The van der Waals surface area contributed by atoms with E-state index in [0.717, 1.165) is 5.56 Å². The molecule has 1 aliphatic rings. The van der Waals surface area contributed by atoms with Crippen molar-refractivity contribution in [3.63, 3.8) is 0 Å². The average Bonchev–Trinajstić information content (AvgIpc) is 2.25. The summed E-state index contributed by atoms with van der Waals surface area (Å²) < 4.78 is 24.7. The molecule has 1 aromatic rings. The largest absolute Gasteiger partial charge is 0.308 e. The Balaban J connectivity index is 2.59. The molecule has 1 aliphatic heterocycles. The van der Waals surface area contributed by atoms with Crippen LogP contribution >= 0.6 is 11.6 Å². The van der Waals surface area contributed by atoms with Crippen molar-refractivity contribution in [2.45, 2.75) is 49.4 Å². The Hall–Kier alpha value is -0.580. The van der Waals surface area contributed by atoms with Crippen molar-refractivity contribution in [2.75, 3.05) is 0 Å². The monoisotopic (exact) mass is 287 g/mol. The van der Waals surface area contributed by atoms with Crippen molar-refractivity contribution < 1.29 is 8.42 Å². The third-order valence-electron chi connectivity index (χ3n) is 3.29. The molecule has 0 radical (unpaired) electrons. The van der Waals surface area contributed by atoms with Crippen LogP contribution in [0.1, 0.15) is 38.8 Å². The zero-order chi connectivity index (χ0) is 13.5. The molecule has 100 valence electrons. The van der Waals surface area contributed by atoms with E-state index in [1.807, 2.05) is 12.1 Å². The Morgan fingerprint density at radius 3 is 2.67 bits per heavy atom. The molecule has 0 saturated carbocycles. The van der Waals surface area contributed by atoms with Gasteiger partial charge in [0.2, 0.25) is 0 Å². The SMILES string of the molecule is CC(C)NC1CC(C)S(=O)(=O)c2c(Cl)cccc21. The Morgan fingerprint density at radius 1 is 1.39 bits per heavy atom. The molecule has 1 heterocycles. The van der Waals surface area contributed by atoms with Gasteiger partial charge in [-0.25, -0.2) is 8.42 Å². The fourth-order valence-corrected chi connectivity index (χ4v) is 4.68. The highest BCUT2D eigenvalue weighted by Crippen LogP contribution is 2.40. The van der Waals surface area contributed by atoms with Gasteiger partial charge in [0.1, 0.15) is 0 Å². The summed E-state index contributed by atoms with van der Waals surface area (Å²) in [6, 6.07) is 5.65. The van der Waals surface area contributed by atoms with Crippen LogP contribution in [0.4, 0.5) is 0 Å². The van der Waals surface area contributed by atoms with Crippen LogP contribution in [0.3, 0.4) is 0 Å². The number of hydrogen-bond donors (Lipinski definition) is 1. The van der Waals surface area contributed by atoms with Crippen LogP contribution in [0.5, 0.6) is 0 Å². The maximum Gasteiger partial charge on any atom is 0.182 e. The van der Waals surface area contributed by atoms with Gasteiger partial charge in [0, 0.05) is 12.1 Å². The van der Waals surface area contributed by atoms with Crippen molar-refractivity contribution in [3.8, 4) is 0 Å². The average molecular weight is 288 g/mol. The minimum atomic E-state index is -3.29. The number of rotatable bonds is 2. The summed E-state index contributed by atoms with van der Waals surface area (Å²) in [5.41, 5.74) is 0.800. The maximum absolute atomic E-state index is 12.3. The predicted octanol–water partition coefficient (Wildman–Crippen LogP) is 2.95. The number of benzene rings is 1. The van der Waals surface area contributed by atoms with Gasteiger partial charge < -0.3 is 5.32 Å². The third-order valence-corrected chi connectivity index (χ3v) is 5.99. The minimum absolute atomic E-state index is 0.0530. The summed E-state index contributed by atoms with van der Waals surface area (Å²) in [6.45, 7) is 5.85. The zero-order valence-corrected chi connectivity index (χ0v) is 12.3. The van der Waals surface area contributed by atoms with Crippen LogP contribution in [0.15, 0.2) is 23.1 Å². The molecule has 2 unspecified atom stereocenters. The second kappa shape index (κ2) is 4.83. The molecule has 0 amide bonds. The first-order chi connectivity index (χ1) is 8.34. The van der Waals surface area contributed by atoms with E-state index in [4.69, 9.17) is 11.6 Å².